The van der Waals surface area contributed by atoms with Crippen molar-refractivity contribution in [2.75, 3.05) is 13.7 Å². The third-order valence-corrected chi connectivity index (χ3v) is 3.64. The highest BCUT2D eigenvalue weighted by Gasteiger charge is 2.12. The number of nitrogens with one attached hydrogen (secondary N) is 1. The van der Waals surface area contributed by atoms with E-state index in [2.05, 4.69) is 11.1 Å². The maximum Gasteiger partial charge on any atom is 0.139 e. The largest absolute Gasteiger partial charge is 0.494 e. The SMILES string of the molecule is CCOc1cccc(-c2ccc(CNC(C=O)C(C)O)cc2)c1.CN. The van der Waals surface area contributed by atoms with Crippen molar-refractivity contribution in [1.82, 2.24) is 5.32 Å². The van der Waals surface area contributed by atoms with Crippen molar-refractivity contribution in [2.24, 2.45) is 5.73 Å². The lowest BCUT2D eigenvalue weighted by Crippen LogP contribution is -2.39. The number of hydrogen-bond donors (Lipinski definition) is 3. The average Bonchev–Trinajstić information content (AvgIpc) is 2.65. The molecule has 136 valence electrons. The van der Waals surface area contributed by atoms with Gasteiger partial charge < -0.3 is 25.7 Å². The molecule has 5 heteroatoms. The second-order valence-corrected chi connectivity index (χ2v) is 5.44. The van der Waals surface area contributed by atoms with Gasteiger partial charge in [0.2, 0.25) is 0 Å². The number of hydrogen-bond acceptors (Lipinski definition) is 5. The van der Waals surface area contributed by atoms with Crippen LogP contribution in [0.1, 0.15) is 19.4 Å². The number of aliphatic hydroxyl groups excluding tert-OH is 1. The highest BCUT2D eigenvalue weighted by molar-refractivity contribution is 5.65. The summed E-state index contributed by atoms with van der Waals surface area (Å²) in [6.07, 6.45) is 0.0335. The van der Waals surface area contributed by atoms with E-state index in [1.807, 2.05) is 55.5 Å². The topological polar surface area (TPSA) is 84.6 Å². The molecule has 0 aliphatic rings. The molecule has 25 heavy (non-hydrogen) atoms. The Balaban J connectivity index is 0.00000151. The van der Waals surface area contributed by atoms with Crippen molar-refractivity contribution in [3.05, 3.63) is 54.1 Å². The lowest BCUT2D eigenvalue weighted by molar-refractivity contribution is -0.111. The van der Waals surface area contributed by atoms with E-state index in [0.29, 0.717) is 13.2 Å². The molecular weight excluding hydrogens is 316 g/mol. The highest BCUT2D eigenvalue weighted by Crippen LogP contribution is 2.24. The smallest absolute Gasteiger partial charge is 0.139 e. The van der Waals surface area contributed by atoms with Gasteiger partial charge in [0.15, 0.2) is 0 Å². The Bertz CT molecular complexity index is 627. The van der Waals surface area contributed by atoms with Gasteiger partial charge >= 0.3 is 0 Å². The van der Waals surface area contributed by atoms with Gasteiger partial charge in [-0.1, -0.05) is 36.4 Å². The van der Waals surface area contributed by atoms with E-state index in [1.165, 1.54) is 7.05 Å². The zero-order chi connectivity index (χ0) is 18.7. The van der Waals surface area contributed by atoms with Crippen LogP contribution in [0.3, 0.4) is 0 Å². The lowest BCUT2D eigenvalue weighted by atomic mass is 10.0. The van der Waals surface area contributed by atoms with E-state index in [1.54, 1.807) is 6.92 Å². The predicted molar refractivity (Wildman–Crippen MR) is 102 cm³/mol. The zero-order valence-corrected chi connectivity index (χ0v) is 15.1. The number of aliphatic hydroxyl groups is 1. The van der Waals surface area contributed by atoms with Gasteiger partial charge in [0.05, 0.1) is 18.8 Å². The number of carbonyl (C=O) groups excluding carboxylic acids is 1. The molecule has 0 fully saturated rings. The molecule has 2 aromatic carbocycles. The summed E-state index contributed by atoms with van der Waals surface area (Å²) in [6.45, 7) is 4.75. The van der Waals surface area contributed by atoms with Crippen LogP contribution in [-0.2, 0) is 11.3 Å². The fourth-order valence-electron chi connectivity index (χ4n) is 2.32. The quantitative estimate of drug-likeness (QED) is 0.640. The minimum Gasteiger partial charge on any atom is -0.494 e. The fraction of sp³-hybridized carbons (Fsp3) is 0.350. The van der Waals surface area contributed by atoms with Crippen LogP contribution in [0.4, 0.5) is 0 Å². The standard InChI is InChI=1S/C19H23NO3.CH5N/c1-3-23-18-6-4-5-17(11-18)16-9-7-15(8-10-16)12-20-19(13-21)14(2)22;1-2/h4-11,13-14,19-20,22H,3,12H2,1-2H3;2H2,1H3. The Hall–Kier alpha value is -2.21. The molecule has 2 rings (SSSR count). The van der Waals surface area contributed by atoms with Crippen molar-refractivity contribution in [1.29, 1.82) is 0 Å². The van der Waals surface area contributed by atoms with Crippen molar-refractivity contribution >= 4 is 6.29 Å². The summed E-state index contributed by atoms with van der Waals surface area (Å²) in [5.41, 5.74) is 7.77. The Labute approximate surface area is 149 Å². The van der Waals surface area contributed by atoms with Crippen molar-refractivity contribution in [2.45, 2.75) is 32.5 Å². The van der Waals surface area contributed by atoms with Gasteiger partial charge in [-0.05, 0) is 49.7 Å². The lowest BCUT2D eigenvalue weighted by Gasteiger charge is -2.15. The van der Waals surface area contributed by atoms with Gasteiger partial charge in [0, 0.05) is 6.54 Å². The normalized spacial score (nSPS) is 12.5. The monoisotopic (exact) mass is 344 g/mol. The molecule has 5 nitrogen and oxygen atoms in total. The molecule has 0 saturated carbocycles. The summed E-state index contributed by atoms with van der Waals surface area (Å²) < 4.78 is 5.52. The molecule has 0 saturated heterocycles. The molecular formula is C20H28N2O3. The molecule has 2 atom stereocenters. The highest BCUT2D eigenvalue weighted by atomic mass is 16.5. The fourth-order valence-corrected chi connectivity index (χ4v) is 2.32. The molecule has 0 radical (unpaired) electrons. The molecule has 0 aromatic heterocycles. The Kier molecular flexibility index (Phi) is 9.47. The van der Waals surface area contributed by atoms with E-state index < -0.39 is 12.1 Å². The first-order valence-electron chi connectivity index (χ1n) is 8.40. The molecule has 0 amide bonds. The number of ether oxygens (including phenoxy) is 1. The maximum atomic E-state index is 10.9. The number of carbonyl (C=O) groups is 1. The van der Waals surface area contributed by atoms with Crippen LogP contribution in [0.2, 0.25) is 0 Å². The third-order valence-electron chi connectivity index (χ3n) is 3.64. The third kappa shape index (κ3) is 6.66. The Morgan fingerprint density at radius 2 is 1.84 bits per heavy atom. The number of aldehydes is 1. The summed E-state index contributed by atoms with van der Waals surface area (Å²) in [7, 11) is 1.50. The van der Waals surface area contributed by atoms with E-state index in [0.717, 1.165) is 28.7 Å². The average molecular weight is 344 g/mol. The van der Waals surface area contributed by atoms with Gasteiger partial charge in [-0.25, -0.2) is 0 Å². The van der Waals surface area contributed by atoms with Crippen LogP contribution < -0.4 is 15.8 Å². The molecule has 0 spiro atoms. The van der Waals surface area contributed by atoms with Gasteiger partial charge in [0.1, 0.15) is 12.0 Å². The van der Waals surface area contributed by atoms with Crippen LogP contribution in [-0.4, -0.2) is 37.2 Å². The number of rotatable bonds is 8. The molecule has 4 N–H and O–H groups in total. The van der Waals surface area contributed by atoms with Crippen LogP contribution in [0, 0.1) is 0 Å². The summed E-state index contributed by atoms with van der Waals surface area (Å²) >= 11 is 0. The molecule has 0 bridgehead atoms. The Morgan fingerprint density at radius 1 is 1.16 bits per heavy atom. The first-order chi connectivity index (χ1) is 12.1. The second kappa shape index (κ2) is 11.4. The number of benzene rings is 2. The van der Waals surface area contributed by atoms with Crippen molar-refractivity contribution in [3.63, 3.8) is 0 Å². The molecule has 2 unspecified atom stereocenters. The first kappa shape index (κ1) is 20.8. The second-order valence-electron chi connectivity index (χ2n) is 5.44. The van der Waals surface area contributed by atoms with Crippen LogP contribution in [0.5, 0.6) is 5.75 Å². The van der Waals surface area contributed by atoms with E-state index in [9.17, 15) is 9.90 Å². The molecule has 0 heterocycles. The van der Waals surface area contributed by atoms with Gasteiger partial charge in [0.25, 0.3) is 0 Å². The van der Waals surface area contributed by atoms with Gasteiger partial charge in [-0.2, -0.15) is 0 Å². The molecule has 0 aliphatic heterocycles. The van der Waals surface area contributed by atoms with Gasteiger partial charge in [-0.3, -0.25) is 0 Å². The van der Waals surface area contributed by atoms with Crippen LogP contribution in [0.15, 0.2) is 48.5 Å². The van der Waals surface area contributed by atoms with E-state index in [4.69, 9.17) is 4.74 Å². The zero-order valence-electron chi connectivity index (χ0n) is 15.1. The Morgan fingerprint density at radius 3 is 2.40 bits per heavy atom. The summed E-state index contributed by atoms with van der Waals surface area (Å²) in [6, 6.07) is 15.6. The van der Waals surface area contributed by atoms with Crippen LogP contribution >= 0.6 is 0 Å². The van der Waals surface area contributed by atoms with Crippen molar-refractivity contribution < 1.29 is 14.6 Å². The summed E-state index contributed by atoms with van der Waals surface area (Å²) in [5.74, 6) is 0.863. The van der Waals surface area contributed by atoms with Crippen molar-refractivity contribution in [3.8, 4) is 16.9 Å². The number of nitrogens with two attached hydrogens (primary N) is 1. The van der Waals surface area contributed by atoms with E-state index >= 15 is 0 Å². The van der Waals surface area contributed by atoms with Crippen LogP contribution in [0.25, 0.3) is 11.1 Å². The summed E-state index contributed by atoms with van der Waals surface area (Å²) in [4.78, 5) is 10.9. The van der Waals surface area contributed by atoms with E-state index in [-0.39, 0.29) is 0 Å². The predicted octanol–water partition coefficient (Wildman–Crippen LogP) is 2.37. The van der Waals surface area contributed by atoms with Gasteiger partial charge in [-0.15, -0.1) is 0 Å². The molecule has 2 aromatic rings. The first-order valence-corrected chi connectivity index (χ1v) is 8.40. The molecule has 0 aliphatic carbocycles. The minimum atomic E-state index is -0.701. The summed E-state index contributed by atoms with van der Waals surface area (Å²) in [5, 5.41) is 12.5. The minimum absolute atomic E-state index is 0.535. The maximum absolute atomic E-state index is 10.9.